The molecule has 28 heavy (non-hydrogen) atoms. The molecule has 0 bridgehead atoms. The fourth-order valence-corrected chi connectivity index (χ4v) is 2.92. The van der Waals surface area contributed by atoms with Crippen LogP contribution in [0.5, 0.6) is 5.88 Å². The lowest BCUT2D eigenvalue weighted by Gasteiger charge is -2.29. The molecule has 1 aromatic carbocycles. The highest BCUT2D eigenvalue weighted by atomic mass is 19.1. The number of carboxylic acid groups (broad SMARTS) is 1. The van der Waals surface area contributed by atoms with Crippen LogP contribution in [-0.4, -0.2) is 29.1 Å². The Morgan fingerprint density at radius 1 is 1.29 bits per heavy atom. The van der Waals surface area contributed by atoms with E-state index in [9.17, 15) is 13.6 Å². The second-order valence-electron chi connectivity index (χ2n) is 6.25. The van der Waals surface area contributed by atoms with E-state index in [0.29, 0.717) is 48.8 Å². The van der Waals surface area contributed by atoms with Gasteiger partial charge in [0.2, 0.25) is 11.7 Å². The third-order valence-electron chi connectivity index (χ3n) is 4.46. The Kier molecular flexibility index (Phi) is 5.84. The lowest BCUT2D eigenvalue weighted by Crippen LogP contribution is -2.31. The van der Waals surface area contributed by atoms with Gasteiger partial charge in [0.1, 0.15) is 18.2 Å². The average molecular weight is 385 g/mol. The number of anilines is 1. The van der Waals surface area contributed by atoms with Crippen LogP contribution in [0.25, 0.3) is 0 Å². The average Bonchev–Trinajstić information content (AvgIpc) is 2.72. The van der Waals surface area contributed by atoms with Gasteiger partial charge in [0.25, 0.3) is 0 Å². The zero-order valence-electron chi connectivity index (χ0n) is 14.9. The van der Waals surface area contributed by atoms with Crippen LogP contribution in [0.1, 0.15) is 24.0 Å². The molecule has 0 saturated carbocycles. The van der Waals surface area contributed by atoms with Gasteiger partial charge in [-0.1, -0.05) is 12.1 Å². The number of aliphatic carboxylic acids is 1. The summed E-state index contributed by atoms with van der Waals surface area (Å²) in [5.41, 5.74) is 0.842. The monoisotopic (exact) mass is 385 g/mol. The molecule has 6 nitrogen and oxygen atoms in total. The van der Waals surface area contributed by atoms with Crippen molar-refractivity contribution < 1.29 is 23.4 Å². The number of hydrogen-bond donors (Lipinski definition) is 1. The van der Waals surface area contributed by atoms with Gasteiger partial charge >= 0.3 is 5.97 Å². The second-order valence-corrected chi connectivity index (χ2v) is 6.25. The van der Waals surface area contributed by atoms with Crippen LogP contribution in [-0.2, 0) is 11.4 Å². The normalized spacial score (nSPS) is 13.8. The number of pyridine rings is 1. The van der Waals surface area contributed by atoms with Crippen molar-refractivity contribution in [3.05, 3.63) is 64.7 Å². The first-order chi connectivity index (χ1) is 13.5. The molecule has 2 heterocycles. The standard InChI is InChI=1S/C20H17F2N3O3/c21-16-10-13(11-23)4-5-15(16)12-28-18-3-1-2-17(24-18)25-8-6-14(7-9-25)19(22)20(26)27/h1-5,10H,6-9,12H2,(H,26,27). The van der Waals surface area contributed by atoms with Crippen LogP contribution < -0.4 is 9.64 Å². The quantitative estimate of drug-likeness (QED) is 0.792. The first-order valence-electron chi connectivity index (χ1n) is 8.62. The van der Waals surface area contributed by atoms with E-state index in [2.05, 4.69) is 4.98 Å². The molecule has 0 radical (unpaired) electrons. The second kappa shape index (κ2) is 8.48. The summed E-state index contributed by atoms with van der Waals surface area (Å²) in [6.45, 7) is 0.845. The number of aromatic nitrogens is 1. The Bertz CT molecular complexity index is 959. The fourth-order valence-electron chi connectivity index (χ4n) is 2.92. The van der Waals surface area contributed by atoms with Crippen molar-refractivity contribution in [2.24, 2.45) is 0 Å². The molecule has 0 unspecified atom stereocenters. The highest BCUT2D eigenvalue weighted by molar-refractivity contribution is 5.85. The van der Waals surface area contributed by atoms with E-state index < -0.39 is 17.6 Å². The predicted octanol–water partition coefficient (Wildman–Crippen LogP) is 3.58. The maximum absolute atomic E-state index is 13.9. The topological polar surface area (TPSA) is 86.5 Å². The van der Waals surface area contributed by atoms with Crippen molar-refractivity contribution >= 4 is 11.8 Å². The van der Waals surface area contributed by atoms with Crippen LogP contribution in [0.3, 0.4) is 0 Å². The highest BCUT2D eigenvalue weighted by Crippen LogP contribution is 2.26. The number of carboxylic acids is 1. The summed E-state index contributed by atoms with van der Waals surface area (Å²) < 4.78 is 33.0. The molecule has 2 aromatic rings. The fraction of sp³-hybridized carbons (Fsp3) is 0.250. The summed E-state index contributed by atoms with van der Waals surface area (Å²) in [5, 5.41) is 17.5. The zero-order chi connectivity index (χ0) is 20.1. The third kappa shape index (κ3) is 4.43. The third-order valence-corrected chi connectivity index (χ3v) is 4.46. The largest absolute Gasteiger partial charge is 0.476 e. The molecular weight excluding hydrogens is 368 g/mol. The SMILES string of the molecule is N#Cc1ccc(COc2cccc(N3CCC(=C(F)C(=O)O)CC3)n2)c(F)c1. The van der Waals surface area contributed by atoms with Crippen LogP contribution in [0, 0.1) is 17.1 Å². The number of nitrogens with zero attached hydrogens (tertiary/aromatic N) is 3. The number of nitriles is 1. The van der Waals surface area contributed by atoms with Crippen molar-refractivity contribution in [1.29, 1.82) is 5.26 Å². The Labute approximate surface area is 160 Å². The van der Waals surface area contributed by atoms with Crippen LogP contribution in [0.2, 0.25) is 0 Å². The minimum Gasteiger partial charge on any atom is -0.476 e. The molecule has 0 atom stereocenters. The van der Waals surface area contributed by atoms with Crippen LogP contribution in [0.15, 0.2) is 47.8 Å². The van der Waals surface area contributed by atoms with E-state index in [0.717, 1.165) is 6.07 Å². The van der Waals surface area contributed by atoms with E-state index in [1.54, 1.807) is 18.2 Å². The van der Waals surface area contributed by atoms with Gasteiger partial charge in [-0.3, -0.25) is 0 Å². The molecule has 8 heteroatoms. The lowest BCUT2D eigenvalue weighted by molar-refractivity contribution is -0.134. The molecule has 0 amide bonds. The van der Waals surface area contributed by atoms with Gasteiger partial charge in [0, 0.05) is 24.7 Å². The Balaban J connectivity index is 1.64. The maximum Gasteiger partial charge on any atom is 0.364 e. The molecule has 0 aliphatic carbocycles. The molecule has 1 saturated heterocycles. The van der Waals surface area contributed by atoms with Gasteiger partial charge in [0.05, 0.1) is 11.6 Å². The number of piperidine rings is 1. The van der Waals surface area contributed by atoms with Gasteiger partial charge in [-0.25, -0.2) is 9.18 Å². The van der Waals surface area contributed by atoms with Gasteiger partial charge in [-0.2, -0.15) is 14.6 Å². The van der Waals surface area contributed by atoms with Crippen molar-refractivity contribution in [1.82, 2.24) is 4.98 Å². The molecule has 1 aliphatic heterocycles. The summed E-state index contributed by atoms with van der Waals surface area (Å²) in [6.07, 6.45) is 0.614. The van der Waals surface area contributed by atoms with E-state index in [1.165, 1.54) is 12.1 Å². The number of carbonyl (C=O) groups is 1. The molecular formula is C20H17F2N3O3. The minimum absolute atomic E-state index is 0.0370. The van der Waals surface area contributed by atoms with E-state index in [1.807, 2.05) is 11.0 Å². The number of rotatable bonds is 5. The number of hydrogen-bond acceptors (Lipinski definition) is 5. The van der Waals surface area contributed by atoms with Gasteiger partial charge in [-0.05, 0) is 36.6 Å². The lowest BCUT2D eigenvalue weighted by atomic mass is 10.0. The summed E-state index contributed by atoms with van der Waals surface area (Å²) in [6, 6.07) is 11.2. The van der Waals surface area contributed by atoms with E-state index in [4.69, 9.17) is 15.1 Å². The molecule has 1 fully saturated rings. The number of benzene rings is 1. The molecule has 1 aliphatic rings. The minimum atomic E-state index is -1.54. The molecule has 0 spiro atoms. The van der Waals surface area contributed by atoms with Crippen LogP contribution >= 0.6 is 0 Å². The van der Waals surface area contributed by atoms with Gasteiger partial charge in [-0.15, -0.1) is 0 Å². The molecule has 144 valence electrons. The zero-order valence-corrected chi connectivity index (χ0v) is 14.9. The Hall–Kier alpha value is -3.47. The summed E-state index contributed by atoms with van der Waals surface area (Å²) in [7, 11) is 0. The highest BCUT2D eigenvalue weighted by Gasteiger charge is 2.21. The molecule has 1 N–H and O–H groups in total. The van der Waals surface area contributed by atoms with Crippen molar-refractivity contribution in [2.45, 2.75) is 19.4 Å². The summed E-state index contributed by atoms with van der Waals surface area (Å²) in [4.78, 5) is 17.0. The predicted molar refractivity (Wildman–Crippen MR) is 96.9 cm³/mol. The van der Waals surface area contributed by atoms with Crippen molar-refractivity contribution in [3.63, 3.8) is 0 Å². The Morgan fingerprint density at radius 3 is 2.68 bits per heavy atom. The van der Waals surface area contributed by atoms with Gasteiger partial charge < -0.3 is 14.7 Å². The molecule has 3 rings (SSSR count). The summed E-state index contributed by atoms with van der Waals surface area (Å²) in [5.74, 6) is -2.21. The molecule has 1 aromatic heterocycles. The summed E-state index contributed by atoms with van der Waals surface area (Å²) >= 11 is 0. The van der Waals surface area contributed by atoms with Crippen LogP contribution in [0.4, 0.5) is 14.6 Å². The number of ether oxygens (including phenoxy) is 1. The maximum atomic E-state index is 13.9. The first kappa shape index (κ1) is 19.3. The van der Waals surface area contributed by atoms with E-state index in [-0.39, 0.29) is 12.2 Å². The van der Waals surface area contributed by atoms with Gasteiger partial charge in [0.15, 0.2) is 0 Å². The van der Waals surface area contributed by atoms with Crippen molar-refractivity contribution in [3.8, 4) is 11.9 Å². The first-order valence-corrected chi connectivity index (χ1v) is 8.62. The number of halogens is 2. The van der Waals surface area contributed by atoms with E-state index >= 15 is 0 Å². The van der Waals surface area contributed by atoms with Crippen molar-refractivity contribution in [2.75, 3.05) is 18.0 Å². The smallest absolute Gasteiger partial charge is 0.364 e. The Morgan fingerprint density at radius 2 is 2.04 bits per heavy atom.